The van der Waals surface area contributed by atoms with Crippen LogP contribution in [0.1, 0.15) is 45.4 Å². The molecule has 204 valence electrons. The number of nitrogens with one attached hydrogen (secondary N) is 1. The quantitative estimate of drug-likeness (QED) is 0.314. The maximum Gasteiger partial charge on any atom is 0.292 e. The van der Waals surface area contributed by atoms with Crippen molar-refractivity contribution >= 4 is 43.0 Å². The van der Waals surface area contributed by atoms with Crippen molar-refractivity contribution in [2.45, 2.75) is 56.4 Å². The first-order chi connectivity index (χ1) is 18.1. The van der Waals surface area contributed by atoms with Crippen LogP contribution in [-0.2, 0) is 10.0 Å². The third-order valence-corrected chi connectivity index (χ3v) is 12.0. The minimum Gasteiger partial charge on any atom is -0.376 e. The Morgan fingerprint density at radius 1 is 0.974 bits per heavy atom. The zero-order valence-corrected chi connectivity index (χ0v) is 24.1. The zero-order valence-electron chi connectivity index (χ0n) is 21.7. The summed E-state index contributed by atoms with van der Waals surface area (Å²) in [6.45, 7) is 3.99. The normalized spacial score (nSPS) is 29.8. The predicted octanol–water partition coefficient (Wildman–Crippen LogP) is 5.89. The van der Waals surface area contributed by atoms with Crippen molar-refractivity contribution in [2.75, 3.05) is 36.4 Å². The Hall–Kier alpha value is -2.17. The summed E-state index contributed by atoms with van der Waals surface area (Å²) in [6, 6.07) is 12.1. The monoisotopic (exact) mass is 602 g/mol. The van der Waals surface area contributed by atoms with Crippen LogP contribution in [0.2, 0.25) is 0 Å². The van der Waals surface area contributed by atoms with E-state index < -0.39 is 10.0 Å². The van der Waals surface area contributed by atoms with Crippen molar-refractivity contribution in [3.8, 4) is 0 Å². The largest absolute Gasteiger partial charge is 0.376 e. The van der Waals surface area contributed by atoms with Crippen molar-refractivity contribution in [2.24, 2.45) is 23.2 Å². The second-order valence-corrected chi connectivity index (χ2v) is 14.8. The number of sulfonamides is 1. The highest BCUT2D eigenvalue weighted by Crippen LogP contribution is 2.61. The Bertz CT molecular complexity index is 1290. The van der Waals surface area contributed by atoms with E-state index in [1.165, 1.54) is 42.8 Å². The molecule has 5 fully saturated rings. The summed E-state index contributed by atoms with van der Waals surface area (Å²) in [5, 5.41) is 15.5. The van der Waals surface area contributed by atoms with Crippen LogP contribution in [0.25, 0.3) is 0 Å². The fourth-order valence-electron chi connectivity index (χ4n) is 8.03. The van der Waals surface area contributed by atoms with Crippen LogP contribution < -0.4 is 10.2 Å². The lowest BCUT2D eigenvalue weighted by Crippen LogP contribution is -2.53. The van der Waals surface area contributed by atoms with Crippen molar-refractivity contribution in [3.05, 3.63) is 57.1 Å². The molecule has 0 spiro atoms. The van der Waals surface area contributed by atoms with Gasteiger partial charge in [-0.1, -0.05) is 15.9 Å². The Labute approximate surface area is 233 Å². The van der Waals surface area contributed by atoms with Gasteiger partial charge in [-0.15, -0.1) is 0 Å². The summed E-state index contributed by atoms with van der Waals surface area (Å²) in [7, 11) is -3.56. The van der Waals surface area contributed by atoms with Gasteiger partial charge < -0.3 is 10.2 Å². The van der Waals surface area contributed by atoms with E-state index in [0.717, 1.165) is 27.9 Å². The Morgan fingerprint density at radius 2 is 1.55 bits per heavy atom. The van der Waals surface area contributed by atoms with Gasteiger partial charge in [0.15, 0.2) is 0 Å². The number of nitro benzene ring substituents is 1. The topological polar surface area (TPSA) is 95.8 Å². The Morgan fingerprint density at radius 3 is 2.11 bits per heavy atom. The van der Waals surface area contributed by atoms with Crippen molar-refractivity contribution < 1.29 is 13.3 Å². The zero-order chi connectivity index (χ0) is 26.7. The van der Waals surface area contributed by atoms with Gasteiger partial charge in [0.2, 0.25) is 10.0 Å². The van der Waals surface area contributed by atoms with Gasteiger partial charge in [0.1, 0.15) is 5.69 Å². The van der Waals surface area contributed by atoms with E-state index in [4.69, 9.17) is 0 Å². The highest BCUT2D eigenvalue weighted by Gasteiger charge is 2.53. The number of anilines is 2. The van der Waals surface area contributed by atoms with Crippen LogP contribution in [0.3, 0.4) is 0 Å². The van der Waals surface area contributed by atoms with E-state index in [9.17, 15) is 18.5 Å². The number of halogens is 1. The maximum absolute atomic E-state index is 13.1. The molecule has 1 heterocycles. The summed E-state index contributed by atoms with van der Waals surface area (Å²) in [5.41, 5.74) is 1.78. The number of rotatable bonds is 7. The van der Waals surface area contributed by atoms with E-state index in [1.807, 2.05) is 6.07 Å². The molecule has 0 amide bonds. The van der Waals surface area contributed by atoms with Gasteiger partial charge in [-0.05, 0) is 105 Å². The highest BCUT2D eigenvalue weighted by molar-refractivity contribution is 9.10. The molecule has 1 aliphatic heterocycles. The van der Waals surface area contributed by atoms with Gasteiger partial charge in [-0.3, -0.25) is 10.1 Å². The van der Waals surface area contributed by atoms with Gasteiger partial charge in [0, 0.05) is 48.4 Å². The number of nitro groups is 1. The van der Waals surface area contributed by atoms with E-state index in [0.29, 0.717) is 31.9 Å². The molecule has 10 heteroatoms. The molecule has 0 aromatic heterocycles. The molecule has 1 atom stereocenters. The van der Waals surface area contributed by atoms with Crippen molar-refractivity contribution in [1.29, 1.82) is 0 Å². The number of hydrogen-bond donors (Lipinski definition) is 1. The summed E-state index contributed by atoms with van der Waals surface area (Å²) >= 11 is 3.35. The third-order valence-electron chi connectivity index (χ3n) is 9.61. The first kappa shape index (κ1) is 26.1. The van der Waals surface area contributed by atoms with Gasteiger partial charge in [-0.2, -0.15) is 4.31 Å². The number of piperazine rings is 1. The van der Waals surface area contributed by atoms with Gasteiger partial charge in [-0.25, -0.2) is 8.42 Å². The molecule has 1 N–H and O–H groups in total. The molecule has 8 nitrogen and oxygen atoms in total. The van der Waals surface area contributed by atoms with Crippen LogP contribution in [0.4, 0.5) is 17.1 Å². The molecule has 2 aromatic rings. The van der Waals surface area contributed by atoms with E-state index >= 15 is 0 Å². The van der Waals surface area contributed by atoms with Gasteiger partial charge >= 0.3 is 0 Å². The molecular weight excluding hydrogens is 568 g/mol. The number of hydrogen-bond acceptors (Lipinski definition) is 6. The summed E-state index contributed by atoms with van der Waals surface area (Å²) in [6.07, 6.45) is 7.79. The molecular formula is C28H35BrN4O4S. The van der Waals surface area contributed by atoms with Crippen LogP contribution in [0, 0.1) is 33.3 Å². The molecule has 4 bridgehead atoms. The standard InChI is InChI=1S/C28H35BrN4O4S/c1-19(28-16-20-12-21(17-28)14-22(13-20)18-28)30-26-15-24(4-7-27(26)33(34)35)31-8-10-32(11-9-31)38(36,37)25-5-2-23(29)3-6-25/h2-7,15,19-22,30H,8-14,16-18H2,1H3/t19-,20?,21?,22?,28?/m0/s1. The minimum atomic E-state index is -3.56. The SMILES string of the molecule is C[C@H](Nc1cc(N2CCN(S(=O)(=O)c3ccc(Br)cc3)CC2)ccc1[N+](=O)[O-])C12CC3CC(CC(C3)C1)C2. The van der Waals surface area contributed by atoms with Crippen molar-refractivity contribution in [1.82, 2.24) is 4.31 Å². The third kappa shape index (κ3) is 4.73. The van der Waals surface area contributed by atoms with Crippen LogP contribution in [-0.4, -0.2) is 49.9 Å². The summed E-state index contributed by atoms with van der Waals surface area (Å²) in [5.74, 6) is 2.45. The average Bonchev–Trinajstić information content (AvgIpc) is 2.88. The summed E-state index contributed by atoms with van der Waals surface area (Å²) in [4.78, 5) is 14.0. The highest BCUT2D eigenvalue weighted by atomic mass is 79.9. The maximum atomic E-state index is 13.1. The Balaban J connectivity index is 1.18. The average molecular weight is 604 g/mol. The van der Waals surface area contributed by atoms with Crippen molar-refractivity contribution in [3.63, 3.8) is 0 Å². The number of nitrogens with zero attached hydrogens (tertiary/aromatic N) is 3. The van der Waals surface area contributed by atoms with E-state index in [-0.39, 0.29) is 27.0 Å². The fourth-order valence-corrected chi connectivity index (χ4v) is 9.72. The predicted molar refractivity (Wildman–Crippen MR) is 152 cm³/mol. The van der Waals surface area contributed by atoms with Crippen LogP contribution in [0.5, 0.6) is 0 Å². The molecule has 5 aliphatic rings. The van der Waals surface area contributed by atoms with Crippen LogP contribution >= 0.6 is 15.9 Å². The lowest BCUT2D eigenvalue weighted by atomic mass is 9.48. The first-order valence-corrected chi connectivity index (χ1v) is 15.9. The van der Waals surface area contributed by atoms with E-state index in [2.05, 4.69) is 33.1 Å². The lowest BCUT2D eigenvalue weighted by Gasteiger charge is -2.59. The summed E-state index contributed by atoms with van der Waals surface area (Å²) < 4.78 is 28.6. The smallest absolute Gasteiger partial charge is 0.292 e. The van der Waals surface area contributed by atoms with Gasteiger partial charge in [0.05, 0.1) is 9.82 Å². The molecule has 38 heavy (non-hydrogen) atoms. The molecule has 2 aromatic carbocycles. The van der Waals surface area contributed by atoms with E-state index in [1.54, 1.807) is 36.4 Å². The first-order valence-electron chi connectivity index (χ1n) is 13.7. The lowest BCUT2D eigenvalue weighted by molar-refractivity contribution is -0.384. The molecule has 7 rings (SSSR count). The second kappa shape index (κ2) is 9.78. The van der Waals surface area contributed by atoms with Crippen LogP contribution in [0.15, 0.2) is 51.8 Å². The minimum absolute atomic E-state index is 0.0989. The van der Waals surface area contributed by atoms with Gasteiger partial charge in [0.25, 0.3) is 5.69 Å². The molecule has 4 aliphatic carbocycles. The molecule has 1 saturated heterocycles. The molecule has 0 radical (unpaired) electrons. The Kier molecular flexibility index (Phi) is 6.71. The molecule has 4 saturated carbocycles. The fraction of sp³-hybridized carbons (Fsp3) is 0.571. The second-order valence-electron chi connectivity index (χ2n) is 11.9. The number of benzene rings is 2. The molecule has 0 unspecified atom stereocenters.